The highest BCUT2D eigenvalue weighted by Crippen LogP contribution is 2.37. The van der Waals surface area contributed by atoms with Crippen molar-refractivity contribution in [3.05, 3.63) is 70.4 Å². The fraction of sp³-hybridized carbons (Fsp3) is 0.400. The van der Waals surface area contributed by atoms with E-state index in [0.29, 0.717) is 30.1 Å². The number of pyridine rings is 1. The van der Waals surface area contributed by atoms with Crippen LogP contribution in [0.2, 0.25) is 0 Å². The van der Waals surface area contributed by atoms with Crippen molar-refractivity contribution < 1.29 is 14.3 Å². The molecular weight excluding hydrogens is 537 g/mol. The lowest BCUT2D eigenvalue weighted by atomic mass is 10.0. The van der Waals surface area contributed by atoms with Crippen LogP contribution in [0.1, 0.15) is 61.8 Å². The molecule has 2 saturated carbocycles. The number of halogens is 1. The van der Waals surface area contributed by atoms with Gasteiger partial charge >= 0.3 is 0 Å². The number of nitrogens with two attached hydrogens (primary N) is 3. The van der Waals surface area contributed by atoms with Crippen LogP contribution in [0.15, 0.2) is 52.5 Å². The fourth-order valence-electron chi connectivity index (χ4n) is 4.25. The van der Waals surface area contributed by atoms with Crippen LogP contribution in [0.4, 0.5) is 10.1 Å². The Morgan fingerprint density at radius 1 is 1.21 bits per heavy atom. The lowest BCUT2D eigenvalue weighted by molar-refractivity contribution is -0.105. The number of aliphatic hydroxyl groups is 1. The molecule has 2 aliphatic carbocycles. The Morgan fingerprint density at radius 3 is 2.55 bits per heavy atom. The molecule has 2 fully saturated rings. The highest BCUT2D eigenvalue weighted by Gasteiger charge is 2.28. The number of amides is 1. The average molecular weight is 578 g/mol. The van der Waals surface area contributed by atoms with E-state index in [2.05, 4.69) is 26.6 Å². The summed E-state index contributed by atoms with van der Waals surface area (Å²) >= 11 is 0. The Morgan fingerprint density at radius 2 is 1.93 bits per heavy atom. The molecule has 8 N–H and O–H groups in total. The van der Waals surface area contributed by atoms with E-state index < -0.39 is 11.4 Å². The highest BCUT2D eigenvalue weighted by molar-refractivity contribution is 6.11. The number of amidine groups is 1. The Hall–Kier alpha value is -4.29. The molecule has 0 spiro atoms. The lowest BCUT2D eigenvalue weighted by Crippen LogP contribution is -2.31. The number of carbonyl (C=O) groups excluding carboxylic acids is 1. The number of carbonyl (C=O) groups is 1. The number of hydrogen-bond acceptors (Lipinski definition) is 8. The Kier molecular flexibility index (Phi) is 9.27. The average Bonchev–Trinajstić information content (AvgIpc) is 3.85. The second-order valence-corrected chi connectivity index (χ2v) is 11.5. The topological polar surface area (TPSA) is 173 Å². The molecule has 0 saturated heterocycles. The predicted molar refractivity (Wildman–Crippen MR) is 164 cm³/mol. The second-order valence-electron chi connectivity index (χ2n) is 11.5. The van der Waals surface area contributed by atoms with E-state index in [-0.39, 0.29) is 17.4 Å². The van der Waals surface area contributed by atoms with Crippen molar-refractivity contribution in [2.45, 2.75) is 65.0 Å². The van der Waals surface area contributed by atoms with E-state index in [1.807, 2.05) is 36.1 Å². The van der Waals surface area contributed by atoms with E-state index in [0.717, 1.165) is 53.6 Å². The third-order valence-corrected chi connectivity index (χ3v) is 7.00. The van der Waals surface area contributed by atoms with E-state index in [1.165, 1.54) is 17.3 Å². The molecule has 2 aromatic heterocycles. The molecule has 0 bridgehead atoms. The van der Waals surface area contributed by atoms with Crippen LogP contribution in [-0.4, -0.2) is 56.5 Å². The summed E-state index contributed by atoms with van der Waals surface area (Å²) in [4.78, 5) is 14.9. The van der Waals surface area contributed by atoms with Gasteiger partial charge in [-0.3, -0.25) is 9.79 Å². The van der Waals surface area contributed by atoms with Gasteiger partial charge in [0.25, 0.3) is 0 Å². The summed E-state index contributed by atoms with van der Waals surface area (Å²) in [7, 11) is 0. The summed E-state index contributed by atoms with van der Waals surface area (Å²) in [6, 6.07) is 7.03. The largest absolute Gasteiger partial charge is 0.401 e. The SMILES string of the molecule is Cc1cc(F)c(/C(N)=N/N(N)C2CC2)cc1NC=O.Cc1cnn2ccc(/C(C=NCC(C)(C)O)=C(/N)C3CC3)cc12. The van der Waals surface area contributed by atoms with E-state index in [9.17, 15) is 14.3 Å². The Balaban J connectivity index is 0.000000197. The number of aliphatic imine (C=N–C) groups is 1. The molecule has 2 aliphatic rings. The van der Waals surface area contributed by atoms with Gasteiger partial charge in [0, 0.05) is 29.4 Å². The minimum atomic E-state index is -0.818. The van der Waals surface area contributed by atoms with Crippen molar-refractivity contribution in [1.29, 1.82) is 0 Å². The minimum Gasteiger partial charge on any atom is -0.401 e. The van der Waals surface area contributed by atoms with Crippen molar-refractivity contribution in [3.63, 3.8) is 0 Å². The first-order valence-corrected chi connectivity index (χ1v) is 13.9. The van der Waals surface area contributed by atoms with Gasteiger partial charge in [0.2, 0.25) is 6.41 Å². The molecule has 0 radical (unpaired) electrons. The second kappa shape index (κ2) is 12.7. The van der Waals surface area contributed by atoms with Gasteiger partial charge in [-0.05, 0) is 100 Å². The molecule has 224 valence electrons. The molecule has 12 heteroatoms. The summed E-state index contributed by atoms with van der Waals surface area (Å²) in [6.45, 7) is 7.58. The van der Waals surface area contributed by atoms with Gasteiger partial charge in [0.15, 0.2) is 5.84 Å². The quantitative estimate of drug-likeness (QED) is 0.0809. The smallest absolute Gasteiger partial charge is 0.211 e. The number of fused-ring (bicyclic) bond motifs is 1. The van der Waals surface area contributed by atoms with Crippen LogP contribution in [0.5, 0.6) is 0 Å². The van der Waals surface area contributed by atoms with Crippen LogP contribution in [-0.2, 0) is 4.79 Å². The van der Waals surface area contributed by atoms with Crippen molar-refractivity contribution >= 4 is 35.2 Å². The van der Waals surface area contributed by atoms with Crippen LogP contribution < -0.4 is 22.6 Å². The van der Waals surface area contributed by atoms with Gasteiger partial charge in [-0.15, -0.1) is 5.10 Å². The maximum Gasteiger partial charge on any atom is 0.211 e. The first-order valence-electron chi connectivity index (χ1n) is 13.9. The number of benzene rings is 1. The molecule has 42 heavy (non-hydrogen) atoms. The standard InChI is InChI=1S/C18H24N4O.C12H16FN5O/c1-12-9-21-22-7-6-14(8-16(12)22)15(17(19)13-4-5-13)10-20-11-18(2,3)23;1-7-4-10(13)9(5-11(7)16-6-19)12(14)17-18(15)8-2-3-8/h6-10,13,23H,4-5,11,19H2,1-3H3;4-6,8H,2-3,15H2,1H3,(H2,14,17)(H,16,19)/b17-15+,20-10?;. The predicted octanol–water partition coefficient (Wildman–Crippen LogP) is 3.23. The summed E-state index contributed by atoms with van der Waals surface area (Å²) in [5.74, 6) is 5.61. The number of nitrogens with zero attached hydrogens (tertiary/aromatic N) is 5. The highest BCUT2D eigenvalue weighted by atomic mass is 19.1. The number of hydrazone groups is 1. The molecule has 0 atom stereocenters. The van der Waals surface area contributed by atoms with Gasteiger partial charge in [-0.2, -0.15) is 5.10 Å². The molecule has 5 rings (SSSR count). The molecule has 1 amide bonds. The number of nitrogens with one attached hydrogen (secondary N) is 1. The fourth-order valence-corrected chi connectivity index (χ4v) is 4.25. The monoisotopic (exact) mass is 577 g/mol. The number of rotatable bonds is 10. The zero-order chi connectivity index (χ0) is 30.6. The van der Waals surface area contributed by atoms with Gasteiger partial charge in [-0.25, -0.2) is 19.9 Å². The third-order valence-electron chi connectivity index (χ3n) is 7.00. The Labute approximate surface area is 244 Å². The molecule has 0 unspecified atom stereocenters. The van der Waals surface area contributed by atoms with Crippen LogP contribution in [0.25, 0.3) is 11.1 Å². The van der Waals surface area contributed by atoms with Gasteiger partial charge in [-0.1, -0.05) is 0 Å². The number of hydrogen-bond donors (Lipinski definition) is 5. The third kappa shape index (κ3) is 7.92. The number of hydrazine groups is 1. The molecule has 0 aliphatic heterocycles. The number of anilines is 1. The van der Waals surface area contributed by atoms with E-state index >= 15 is 0 Å². The number of aromatic nitrogens is 2. The number of allylic oxidation sites excluding steroid dienone is 2. The van der Waals surface area contributed by atoms with Gasteiger partial charge < -0.3 is 21.9 Å². The van der Waals surface area contributed by atoms with Crippen molar-refractivity contribution in [2.75, 3.05) is 11.9 Å². The van der Waals surface area contributed by atoms with Crippen LogP contribution in [0.3, 0.4) is 0 Å². The molecule has 11 nitrogen and oxygen atoms in total. The summed E-state index contributed by atoms with van der Waals surface area (Å²) < 4.78 is 15.7. The molecule has 2 heterocycles. The zero-order valence-electron chi connectivity index (χ0n) is 24.5. The normalized spacial score (nSPS) is 16.2. The lowest BCUT2D eigenvalue weighted by Gasteiger charge is -2.14. The maximum absolute atomic E-state index is 13.9. The van der Waals surface area contributed by atoms with Crippen molar-refractivity contribution in [1.82, 2.24) is 14.7 Å². The van der Waals surface area contributed by atoms with Crippen molar-refractivity contribution in [2.24, 2.45) is 33.3 Å². The summed E-state index contributed by atoms with van der Waals surface area (Å²) in [6.07, 6.45) is 10.3. The van der Waals surface area contributed by atoms with Crippen LogP contribution in [0, 0.1) is 25.6 Å². The zero-order valence-corrected chi connectivity index (χ0v) is 24.5. The van der Waals surface area contributed by atoms with Gasteiger partial charge in [0.1, 0.15) is 5.82 Å². The Bertz CT molecular complexity index is 1530. The van der Waals surface area contributed by atoms with Gasteiger partial charge in [0.05, 0.1) is 35.5 Å². The number of aryl methyl sites for hydroxylation is 2. The molecule has 1 aromatic carbocycles. The van der Waals surface area contributed by atoms with E-state index in [4.69, 9.17) is 17.3 Å². The minimum absolute atomic E-state index is 0.0131. The summed E-state index contributed by atoms with van der Waals surface area (Å²) in [5, 5.41) is 21.8. The summed E-state index contributed by atoms with van der Waals surface area (Å²) in [5.41, 5.74) is 17.6. The first kappa shape index (κ1) is 30.7. The molecule has 3 aromatic rings. The van der Waals surface area contributed by atoms with Crippen molar-refractivity contribution in [3.8, 4) is 0 Å². The van der Waals surface area contributed by atoms with Crippen LogP contribution >= 0.6 is 0 Å². The van der Waals surface area contributed by atoms with E-state index in [1.54, 1.807) is 20.8 Å². The maximum atomic E-state index is 13.9. The first-order chi connectivity index (χ1) is 19.9. The molecular formula is C30H40FN9O2.